The van der Waals surface area contributed by atoms with Gasteiger partial charge in [0, 0.05) is 45.6 Å². The number of hydrogen-bond donors (Lipinski definition) is 2. The molecule has 1 aliphatic carbocycles. The molecule has 1 aromatic rings. The summed E-state index contributed by atoms with van der Waals surface area (Å²) in [6, 6.07) is 0.568. The second-order valence-corrected chi connectivity index (χ2v) is 8.89. The normalized spacial score (nSPS) is 20.3. The summed E-state index contributed by atoms with van der Waals surface area (Å²) in [5, 5.41) is 13.4. The van der Waals surface area contributed by atoms with Crippen molar-refractivity contribution in [1.82, 2.24) is 25.0 Å². The Bertz CT molecular complexity index is 705. The van der Waals surface area contributed by atoms with Crippen LogP contribution < -0.4 is 11.1 Å². The molecule has 0 aromatic carbocycles. The van der Waals surface area contributed by atoms with Gasteiger partial charge in [-0.05, 0) is 44.3 Å². The third-order valence-corrected chi connectivity index (χ3v) is 6.63. The quantitative estimate of drug-likeness (QED) is 0.170. The Morgan fingerprint density at radius 3 is 2.70 bits per heavy atom. The minimum absolute atomic E-state index is 0. The fourth-order valence-electron chi connectivity index (χ4n) is 4.63. The number of hydrogen-bond acceptors (Lipinski definition) is 5. The lowest BCUT2D eigenvalue weighted by molar-refractivity contribution is -0.119. The maximum absolute atomic E-state index is 11.2. The summed E-state index contributed by atoms with van der Waals surface area (Å²) in [6.07, 6.45) is 11.7. The smallest absolute Gasteiger partial charge is 0.217 e. The van der Waals surface area contributed by atoms with Crippen LogP contribution in [0, 0.1) is 5.92 Å². The topological polar surface area (TPSA) is 101 Å². The molecule has 1 aromatic heterocycles. The van der Waals surface area contributed by atoms with Crippen LogP contribution >= 0.6 is 35.7 Å². The van der Waals surface area contributed by atoms with Gasteiger partial charge >= 0.3 is 0 Å². The molecule has 2 heterocycles. The summed E-state index contributed by atoms with van der Waals surface area (Å²) in [6.45, 7) is 2.66. The van der Waals surface area contributed by atoms with Gasteiger partial charge in [-0.1, -0.05) is 24.6 Å². The third-order valence-electron chi connectivity index (χ3n) is 5.99. The molecule has 3 N–H and O–H groups in total. The molecule has 170 valence electrons. The second kappa shape index (κ2) is 12.7. The van der Waals surface area contributed by atoms with E-state index in [1.807, 2.05) is 7.05 Å². The van der Waals surface area contributed by atoms with Crippen molar-refractivity contribution in [2.24, 2.45) is 16.6 Å². The van der Waals surface area contributed by atoms with Crippen LogP contribution in [0.1, 0.15) is 63.2 Å². The van der Waals surface area contributed by atoms with E-state index in [1.54, 1.807) is 11.8 Å². The SMILES string of the molecule is CN=C(NCCCc1nnc(SC)n1C1CCCC1)N1CCCC(CC(N)=O)C1.I. The Labute approximate surface area is 201 Å². The molecule has 0 bridgehead atoms. The Morgan fingerprint density at radius 2 is 2.03 bits per heavy atom. The van der Waals surface area contributed by atoms with Gasteiger partial charge in [-0.25, -0.2) is 0 Å². The summed E-state index contributed by atoms with van der Waals surface area (Å²) in [4.78, 5) is 17.9. The molecule has 1 saturated carbocycles. The lowest BCUT2D eigenvalue weighted by Crippen LogP contribution is -2.47. The zero-order valence-electron chi connectivity index (χ0n) is 18.2. The average molecular weight is 550 g/mol. The van der Waals surface area contributed by atoms with Crippen molar-refractivity contribution in [3.05, 3.63) is 5.82 Å². The van der Waals surface area contributed by atoms with Crippen molar-refractivity contribution in [1.29, 1.82) is 0 Å². The summed E-state index contributed by atoms with van der Waals surface area (Å²) >= 11 is 1.69. The first kappa shape index (κ1) is 25.2. The Morgan fingerprint density at radius 1 is 1.27 bits per heavy atom. The number of aromatic nitrogens is 3. The highest BCUT2D eigenvalue weighted by molar-refractivity contribution is 14.0. The van der Waals surface area contributed by atoms with Crippen molar-refractivity contribution in [2.75, 3.05) is 32.9 Å². The number of halogens is 1. The van der Waals surface area contributed by atoms with Gasteiger partial charge in [0.15, 0.2) is 11.1 Å². The van der Waals surface area contributed by atoms with Crippen molar-refractivity contribution in [3.8, 4) is 0 Å². The number of carbonyl (C=O) groups excluding carboxylic acids is 1. The lowest BCUT2D eigenvalue weighted by Gasteiger charge is -2.34. The lowest BCUT2D eigenvalue weighted by atomic mass is 9.95. The highest BCUT2D eigenvalue weighted by atomic mass is 127. The molecule has 8 nitrogen and oxygen atoms in total. The Hall–Kier alpha value is -1.04. The van der Waals surface area contributed by atoms with Gasteiger partial charge in [-0.2, -0.15) is 0 Å². The molecule has 0 radical (unpaired) electrons. The van der Waals surface area contributed by atoms with E-state index in [0.29, 0.717) is 18.4 Å². The fourth-order valence-corrected chi connectivity index (χ4v) is 5.21. The monoisotopic (exact) mass is 549 g/mol. The number of amides is 1. The molecule has 1 unspecified atom stereocenters. The highest BCUT2D eigenvalue weighted by Gasteiger charge is 2.25. The van der Waals surface area contributed by atoms with Crippen LogP contribution in [-0.4, -0.2) is 64.5 Å². The molecule has 10 heteroatoms. The summed E-state index contributed by atoms with van der Waals surface area (Å²) in [5.74, 6) is 2.14. The van der Waals surface area contributed by atoms with Gasteiger partial charge in [0.05, 0.1) is 0 Å². The number of piperidine rings is 1. The first-order chi connectivity index (χ1) is 14.1. The van der Waals surface area contributed by atoms with Gasteiger partial charge in [-0.15, -0.1) is 34.2 Å². The number of nitrogens with one attached hydrogen (secondary N) is 1. The first-order valence-electron chi connectivity index (χ1n) is 10.8. The molecule has 30 heavy (non-hydrogen) atoms. The number of guanidine groups is 1. The maximum atomic E-state index is 11.2. The Balaban J connectivity index is 0.00000320. The molecular formula is C20H36IN7OS. The van der Waals surface area contributed by atoms with E-state index >= 15 is 0 Å². The van der Waals surface area contributed by atoms with Gasteiger partial charge < -0.3 is 20.5 Å². The van der Waals surface area contributed by atoms with Crippen LogP contribution in [0.25, 0.3) is 0 Å². The first-order valence-corrected chi connectivity index (χ1v) is 12.1. The predicted octanol–water partition coefficient (Wildman–Crippen LogP) is 2.83. The average Bonchev–Trinajstić information content (AvgIpc) is 3.37. The number of nitrogens with two attached hydrogens (primary N) is 1. The van der Waals surface area contributed by atoms with E-state index in [2.05, 4.69) is 36.2 Å². The number of rotatable bonds is 8. The Kier molecular flexibility index (Phi) is 10.7. The number of aryl methyl sites for hydroxylation is 1. The molecule has 2 aliphatic rings. The highest BCUT2D eigenvalue weighted by Crippen LogP contribution is 2.33. The largest absolute Gasteiger partial charge is 0.370 e. The minimum atomic E-state index is -0.212. The zero-order valence-corrected chi connectivity index (χ0v) is 21.3. The minimum Gasteiger partial charge on any atom is -0.370 e. The van der Waals surface area contributed by atoms with Crippen LogP contribution in [0.5, 0.6) is 0 Å². The van der Waals surface area contributed by atoms with Crippen molar-refractivity contribution >= 4 is 47.6 Å². The van der Waals surface area contributed by atoms with E-state index in [9.17, 15) is 4.79 Å². The number of thioether (sulfide) groups is 1. The molecule has 2 fully saturated rings. The van der Waals surface area contributed by atoms with E-state index in [1.165, 1.54) is 25.7 Å². The molecule has 1 saturated heterocycles. The van der Waals surface area contributed by atoms with E-state index < -0.39 is 0 Å². The van der Waals surface area contributed by atoms with Crippen molar-refractivity contribution in [2.45, 2.75) is 69.0 Å². The second-order valence-electron chi connectivity index (χ2n) is 8.11. The van der Waals surface area contributed by atoms with Gasteiger partial charge in [0.25, 0.3) is 0 Å². The predicted molar refractivity (Wildman–Crippen MR) is 133 cm³/mol. The molecular weight excluding hydrogens is 513 g/mol. The van der Waals surface area contributed by atoms with E-state index in [-0.39, 0.29) is 29.9 Å². The third kappa shape index (κ3) is 6.73. The van der Waals surface area contributed by atoms with Crippen molar-refractivity contribution < 1.29 is 4.79 Å². The maximum Gasteiger partial charge on any atom is 0.217 e. The number of likely N-dealkylation sites (tertiary alicyclic amines) is 1. The van der Waals surface area contributed by atoms with Crippen molar-refractivity contribution in [3.63, 3.8) is 0 Å². The standard InChI is InChI=1S/C20H35N7OS.HI/c1-22-19(26-12-6-7-15(14-26)13-17(21)28)23-11-5-10-18-24-25-20(29-2)27(18)16-8-3-4-9-16;/h15-16H,3-14H2,1-2H3,(H2,21,28)(H,22,23);1H. The van der Waals surface area contributed by atoms with Crippen LogP contribution in [-0.2, 0) is 11.2 Å². The van der Waals surface area contributed by atoms with Crippen LogP contribution in [0.3, 0.4) is 0 Å². The van der Waals surface area contributed by atoms with Gasteiger partial charge in [0.1, 0.15) is 5.82 Å². The number of nitrogens with zero attached hydrogens (tertiary/aromatic N) is 5. The molecule has 3 rings (SSSR count). The fraction of sp³-hybridized carbons (Fsp3) is 0.800. The molecule has 1 aliphatic heterocycles. The summed E-state index contributed by atoms with van der Waals surface area (Å²) < 4.78 is 2.38. The zero-order chi connectivity index (χ0) is 20.6. The van der Waals surface area contributed by atoms with E-state index in [4.69, 9.17) is 5.73 Å². The van der Waals surface area contributed by atoms with Crippen LogP contribution in [0.2, 0.25) is 0 Å². The van der Waals surface area contributed by atoms with Crippen LogP contribution in [0.4, 0.5) is 0 Å². The summed E-state index contributed by atoms with van der Waals surface area (Å²) in [5.41, 5.74) is 5.38. The molecule has 0 spiro atoms. The number of aliphatic imine (C=N–C) groups is 1. The van der Waals surface area contributed by atoms with Gasteiger partial charge in [0.2, 0.25) is 5.91 Å². The number of carbonyl (C=O) groups is 1. The van der Waals surface area contributed by atoms with Crippen LogP contribution in [0.15, 0.2) is 10.1 Å². The van der Waals surface area contributed by atoms with E-state index in [0.717, 1.165) is 62.3 Å². The molecule has 1 atom stereocenters. The molecule has 1 amide bonds. The number of primary amides is 1. The summed E-state index contributed by atoms with van der Waals surface area (Å²) in [7, 11) is 1.82. The van der Waals surface area contributed by atoms with Gasteiger partial charge in [-0.3, -0.25) is 9.79 Å².